The molecule has 1 aliphatic carbocycles. The van der Waals surface area contributed by atoms with Gasteiger partial charge in [0.05, 0.1) is 17.8 Å². The van der Waals surface area contributed by atoms with Crippen LogP contribution in [0.15, 0.2) is 34.7 Å². The molecular weight excluding hydrogens is 286 g/mol. The van der Waals surface area contributed by atoms with Gasteiger partial charge in [-0.1, -0.05) is 12.1 Å². The first-order valence-corrected chi connectivity index (χ1v) is 7.61. The largest absolute Gasteiger partial charge is 0.426 e. The highest BCUT2D eigenvalue weighted by atomic mass is 32.1. The van der Waals surface area contributed by atoms with E-state index in [1.54, 1.807) is 18.3 Å². The van der Waals surface area contributed by atoms with Crippen molar-refractivity contribution in [1.29, 1.82) is 0 Å². The van der Waals surface area contributed by atoms with Crippen molar-refractivity contribution < 1.29 is 9.53 Å². The van der Waals surface area contributed by atoms with E-state index >= 15 is 0 Å². The van der Waals surface area contributed by atoms with Crippen molar-refractivity contribution in [3.63, 3.8) is 0 Å². The third-order valence-corrected chi connectivity index (χ3v) is 3.84. The fourth-order valence-electron chi connectivity index (χ4n) is 1.74. The Morgan fingerprint density at radius 1 is 1.52 bits per heavy atom. The first-order valence-electron chi connectivity index (χ1n) is 6.74. The Hall–Kier alpha value is -2.21. The number of nitrogens with zero attached hydrogens (tertiary/aromatic N) is 2. The van der Waals surface area contributed by atoms with Crippen LogP contribution in [0.3, 0.4) is 0 Å². The minimum absolute atomic E-state index is 0.0946. The van der Waals surface area contributed by atoms with Gasteiger partial charge in [-0.15, -0.1) is 11.3 Å². The number of aryl methyl sites for hydroxylation is 1. The van der Waals surface area contributed by atoms with Gasteiger partial charge in [-0.3, -0.25) is 10.2 Å². The number of carbonyl (C=O) groups is 1. The molecule has 1 heterocycles. The molecule has 0 amide bonds. The summed E-state index contributed by atoms with van der Waals surface area (Å²) in [5.74, 6) is 0.513. The molecule has 0 atom stereocenters. The first kappa shape index (κ1) is 13.8. The van der Waals surface area contributed by atoms with Gasteiger partial charge in [0.15, 0.2) is 0 Å². The van der Waals surface area contributed by atoms with Gasteiger partial charge < -0.3 is 4.74 Å². The van der Waals surface area contributed by atoms with Crippen molar-refractivity contribution in [2.24, 2.45) is 11.0 Å². The Morgan fingerprint density at radius 3 is 3.10 bits per heavy atom. The van der Waals surface area contributed by atoms with Crippen LogP contribution in [0.2, 0.25) is 0 Å². The summed E-state index contributed by atoms with van der Waals surface area (Å²) < 4.78 is 5.32. The molecule has 0 radical (unpaired) electrons. The molecule has 108 valence electrons. The number of thiazole rings is 1. The Balaban J connectivity index is 1.60. The van der Waals surface area contributed by atoms with Crippen LogP contribution < -0.4 is 10.2 Å². The summed E-state index contributed by atoms with van der Waals surface area (Å²) in [5.41, 5.74) is 4.69. The monoisotopic (exact) mass is 301 g/mol. The molecule has 21 heavy (non-hydrogen) atoms. The number of hydrogen-bond donors (Lipinski definition) is 1. The predicted molar refractivity (Wildman–Crippen MR) is 82.9 cm³/mol. The van der Waals surface area contributed by atoms with Crippen LogP contribution in [0.5, 0.6) is 5.75 Å². The van der Waals surface area contributed by atoms with Crippen molar-refractivity contribution in [2.45, 2.75) is 19.8 Å². The standard InChI is InChI=1S/C15H15N3O2S/c1-10-9-21-15(17-10)18-16-8-11-3-2-4-13(7-11)20-14(19)12-5-6-12/h2-4,7-9,12H,5-6H2,1H3,(H,17,18). The molecule has 1 aliphatic rings. The van der Waals surface area contributed by atoms with E-state index in [1.165, 1.54) is 11.3 Å². The second-order valence-electron chi connectivity index (χ2n) is 4.93. The minimum atomic E-state index is -0.138. The summed E-state index contributed by atoms with van der Waals surface area (Å²) >= 11 is 1.50. The number of nitrogens with one attached hydrogen (secondary N) is 1. The maximum atomic E-state index is 11.6. The number of esters is 1. The van der Waals surface area contributed by atoms with Crippen molar-refractivity contribution in [2.75, 3.05) is 5.43 Å². The lowest BCUT2D eigenvalue weighted by Gasteiger charge is -2.03. The Labute approximate surface area is 126 Å². The lowest BCUT2D eigenvalue weighted by atomic mass is 10.2. The van der Waals surface area contributed by atoms with Crippen LogP contribution in [-0.4, -0.2) is 17.2 Å². The van der Waals surface area contributed by atoms with E-state index in [1.807, 2.05) is 24.4 Å². The van der Waals surface area contributed by atoms with E-state index in [9.17, 15) is 4.79 Å². The van der Waals surface area contributed by atoms with Crippen LogP contribution in [0.4, 0.5) is 5.13 Å². The van der Waals surface area contributed by atoms with E-state index in [0.29, 0.717) is 5.75 Å². The summed E-state index contributed by atoms with van der Waals surface area (Å²) in [5, 5.41) is 6.83. The van der Waals surface area contributed by atoms with Crippen molar-refractivity contribution in [1.82, 2.24) is 4.98 Å². The predicted octanol–water partition coefficient (Wildman–Crippen LogP) is 3.21. The van der Waals surface area contributed by atoms with Crippen molar-refractivity contribution in [3.05, 3.63) is 40.9 Å². The molecule has 1 fully saturated rings. The average molecular weight is 301 g/mol. The fourth-order valence-corrected chi connectivity index (χ4v) is 2.38. The average Bonchev–Trinajstić information content (AvgIpc) is 3.23. The van der Waals surface area contributed by atoms with E-state index < -0.39 is 0 Å². The zero-order valence-electron chi connectivity index (χ0n) is 11.6. The number of ether oxygens (including phenoxy) is 1. The number of hydrogen-bond acceptors (Lipinski definition) is 6. The number of rotatable bonds is 5. The fraction of sp³-hybridized carbons (Fsp3) is 0.267. The van der Waals surface area contributed by atoms with Crippen molar-refractivity contribution >= 4 is 28.7 Å². The summed E-state index contributed by atoms with van der Waals surface area (Å²) in [6, 6.07) is 7.30. The second kappa shape index (κ2) is 6.05. The van der Waals surface area contributed by atoms with Crippen LogP contribution in [-0.2, 0) is 4.79 Å². The van der Waals surface area contributed by atoms with Crippen LogP contribution in [0.1, 0.15) is 24.1 Å². The second-order valence-corrected chi connectivity index (χ2v) is 5.79. The number of carbonyl (C=O) groups excluding carboxylic acids is 1. The van der Waals surface area contributed by atoms with Gasteiger partial charge in [-0.25, -0.2) is 4.98 Å². The van der Waals surface area contributed by atoms with Gasteiger partial charge in [0.25, 0.3) is 0 Å². The minimum Gasteiger partial charge on any atom is -0.426 e. The van der Waals surface area contributed by atoms with E-state index in [-0.39, 0.29) is 11.9 Å². The third-order valence-electron chi connectivity index (χ3n) is 2.98. The zero-order valence-corrected chi connectivity index (χ0v) is 12.4. The molecule has 5 nitrogen and oxygen atoms in total. The lowest BCUT2D eigenvalue weighted by molar-refractivity contribution is -0.135. The smallest absolute Gasteiger partial charge is 0.314 e. The van der Waals surface area contributed by atoms with Crippen LogP contribution in [0.25, 0.3) is 0 Å². The number of aromatic nitrogens is 1. The van der Waals surface area contributed by atoms with Gasteiger partial charge in [0.1, 0.15) is 5.75 Å². The Morgan fingerprint density at radius 2 is 2.38 bits per heavy atom. The highest BCUT2D eigenvalue weighted by Gasteiger charge is 2.31. The van der Waals surface area contributed by atoms with Gasteiger partial charge >= 0.3 is 5.97 Å². The van der Waals surface area contributed by atoms with Gasteiger partial charge in [-0.2, -0.15) is 5.10 Å². The number of anilines is 1. The highest BCUT2D eigenvalue weighted by Crippen LogP contribution is 2.30. The van der Waals surface area contributed by atoms with Gasteiger partial charge in [0.2, 0.25) is 5.13 Å². The van der Waals surface area contributed by atoms with E-state index in [4.69, 9.17) is 4.74 Å². The van der Waals surface area contributed by atoms with Gasteiger partial charge in [0, 0.05) is 5.38 Å². The molecule has 1 N–H and O–H groups in total. The van der Waals surface area contributed by atoms with E-state index in [2.05, 4.69) is 15.5 Å². The molecule has 1 aromatic carbocycles. The maximum absolute atomic E-state index is 11.6. The molecular formula is C15H15N3O2S. The summed E-state index contributed by atoms with van der Waals surface area (Å²) in [4.78, 5) is 15.9. The molecule has 2 aromatic rings. The summed E-state index contributed by atoms with van der Waals surface area (Å²) in [7, 11) is 0. The van der Waals surface area contributed by atoms with Crippen molar-refractivity contribution in [3.8, 4) is 5.75 Å². The SMILES string of the molecule is Cc1csc(NN=Cc2cccc(OC(=O)C3CC3)c2)n1. The van der Waals surface area contributed by atoms with Crippen LogP contribution >= 0.6 is 11.3 Å². The summed E-state index contributed by atoms with van der Waals surface area (Å²) in [6.45, 7) is 1.93. The van der Waals surface area contributed by atoms with Gasteiger partial charge in [-0.05, 0) is 37.5 Å². The number of benzene rings is 1. The Kier molecular flexibility index (Phi) is 3.96. The normalized spacial score (nSPS) is 14.3. The van der Waals surface area contributed by atoms with Crippen LogP contribution in [0, 0.1) is 12.8 Å². The molecule has 3 rings (SSSR count). The first-order chi connectivity index (χ1) is 10.2. The maximum Gasteiger partial charge on any atom is 0.314 e. The zero-order chi connectivity index (χ0) is 14.7. The Bertz CT molecular complexity index is 677. The molecule has 0 bridgehead atoms. The molecule has 6 heteroatoms. The van der Waals surface area contributed by atoms with E-state index in [0.717, 1.165) is 29.2 Å². The quantitative estimate of drug-likeness (QED) is 0.398. The summed E-state index contributed by atoms with van der Waals surface area (Å²) in [6.07, 6.45) is 3.56. The lowest BCUT2D eigenvalue weighted by Crippen LogP contribution is -2.09. The highest BCUT2D eigenvalue weighted by molar-refractivity contribution is 7.13. The molecule has 1 aromatic heterocycles. The molecule has 0 saturated heterocycles. The number of hydrazone groups is 1. The third kappa shape index (κ3) is 3.88. The molecule has 0 unspecified atom stereocenters. The molecule has 1 saturated carbocycles. The molecule has 0 aliphatic heterocycles. The topological polar surface area (TPSA) is 63.6 Å². The molecule has 0 spiro atoms.